The van der Waals surface area contributed by atoms with Crippen LogP contribution >= 0.6 is 11.3 Å². The molecule has 0 radical (unpaired) electrons. The minimum atomic E-state index is -3.79. The van der Waals surface area contributed by atoms with E-state index in [2.05, 4.69) is 5.32 Å². The third-order valence-electron chi connectivity index (χ3n) is 4.86. The molecule has 0 unspecified atom stereocenters. The molecule has 0 aromatic carbocycles. The van der Waals surface area contributed by atoms with Crippen LogP contribution in [-0.4, -0.2) is 75.4 Å². The Morgan fingerprint density at radius 3 is 2.62 bits per heavy atom. The van der Waals surface area contributed by atoms with Crippen molar-refractivity contribution in [2.45, 2.75) is 23.1 Å². The zero-order chi connectivity index (χ0) is 18.7. The fourth-order valence-electron chi connectivity index (χ4n) is 3.44. The monoisotopic (exact) mass is 401 g/mol. The van der Waals surface area contributed by atoms with Crippen LogP contribution in [0.1, 0.15) is 12.8 Å². The number of methoxy groups -OCH3 is 1. The second kappa shape index (κ2) is 8.03. The van der Waals surface area contributed by atoms with Crippen molar-refractivity contribution < 1.29 is 22.7 Å². The normalized spacial score (nSPS) is 23.0. The zero-order valence-electron chi connectivity index (χ0n) is 14.6. The van der Waals surface area contributed by atoms with Crippen LogP contribution in [0.5, 0.6) is 0 Å². The first-order valence-corrected chi connectivity index (χ1v) is 10.9. The number of nitrogens with zero attached hydrogens (tertiary/aromatic N) is 2. The third kappa shape index (κ3) is 3.78. The number of thiophene rings is 1. The number of hydrogen-bond donors (Lipinski definition) is 1. The molecular formula is C16H23N3O5S2. The number of sulfonamides is 1. The molecule has 0 aliphatic carbocycles. The van der Waals surface area contributed by atoms with Gasteiger partial charge in [-0.3, -0.25) is 9.59 Å². The smallest absolute Gasteiger partial charge is 0.326 e. The van der Waals surface area contributed by atoms with E-state index in [4.69, 9.17) is 4.74 Å². The highest BCUT2D eigenvalue weighted by atomic mass is 32.2. The second-order valence-electron chi connectivity index (χ2n) is 6.40. The lowest BCUT2D eigenvalue weighted by Crippen LogP contribution is -2.60. The lowest BCUT2D eigenvalue weighted by atomic mass is 9.96. The van der Waals surface area contributed by atoms with Crippen LogP contribution in [0.15, 0.2) is 21.7 Å². The highest BCUT2D eigenvalue weighted by molar-refractivity contribution is 7.91. The van der Waals surface area contributed by atoms with Gasteiger partial charge in [-0.25, -0.2) is 8.42 Å². The SMILES string of the molecule is COC(=O)[C@H]1CN(C(=O)C2CCNCC2)CCN1S(=O)(=O)c1cccs1. The Kier molecular flexibility index (Phi) is 5.96. The maximum atomic E-state index is 12.9. The van der Waals surface area contributed by atoms with Gasteiger partial charge >= 0.3 is 5.97 Å². The molecule has 10 heteroatoms. The van der Waals surface area contributed by atoms with Gasteiger partial charge in [-0.05, 0) is 37.4 Å². The summed E-state index contributed by atoms with van der Waals surface area (Å²) >= 11 is 1.11. The third-order valence-corrected chi connectivity index (χ3v) is 8.14. The Morgan fingerprint density at radius 2 is 2.00 bits per heavy atom. The van der Waals surface area contributed by atoms with Gasteiger partial charge in [0, 0.05) is 25.6 Å². The molecule has 0 saturated carbocycles. The number of ether oxygens (including phenoxy) is 1. The van der Waals surface area contributed by atoms with Gasteiger partial charge in [0.05, 0.1) is 7.11 Å². The van der Waals surface area contributed by atoms with E-state index in [-0.39, 0.29) is 35.7 Å². The summed E-state index contributed by atoms with van der Waals surface area (Å²) in [6.07, 6.45) is 1.52. The Hall–Kier alpha value is -1.49. The lowest BCUT2D eigenvalue weighted by molar-refractivity contribution is -0.150. The minimum Gasteiger partial charge on any atom is -0.468 e. The summed E-state index contributed by atoms with van der Waals surface area (Å²) in [5.74, 6) is -0.725. The lowest BCUT2D eigenvalue weighted by Gasteiger charge is -2.40. The van der Waals surface area contributed by atoms with Crippen molar-refractivity contribution in [2.75, 3.05) is 39.8 Å². The van der Waals surface area contributed by atoms with Gasteiger partial charge in [-0.2, -0.15) is 4.31 Å². The van der Waals surface area contributed by atoms with Crippen LogP contribution < -0.4 is 5.32 Å². The van der Waals surface area contributed by atoms with Gasteiger partial charge in [0.15, 0.2) is 0 Å². The van der Waals surface area contributed by atoms with Gasteiger partial charge in [0.1, 0.15) is 10.3 Å². The molecule has 1 amide bonds. The number of piperazine rings is 1. The summed E-state index contributed by atoms with van der Waals surface area (Å²) in [5.41, 5.74) is 0. The van der Waals surface area contributed by atoms with E-state index in [0.29, 0.717) is 0 Å². The Balaban J connectivity index is 1.79. The van der Waals surface area contributed by atoms with E-state index in [1.54, 1.807) is 16.3 Å². The van der Waals surface area contributed by atoms with Crippen molar-refractivity contribution in [3.05, 3.63) is 17.5 Å². The summed E-state index contributed by atoms with van der Waals surface area (Å²) < 4.78 is 31.9. The van der Waals surface area contributed by atoms with E-state index in [1.165, 1.54) is 13.2 Å². The van der Waals surface area contributed by atoms with Gasteiger partial charge < -0.3 is 15.0 Å². The van der Waals surface area contributed by atoms with Gasteiger partial charge in [-0.15, -0.1) is 11.3 Å². The van der Waals surface area contributed by atoms with Crippen LogP contribution in [0, 0.1) is 5.92 Å². The number of nitrogens with one attached hydrogen (secondary N) is 1. The number of hydrogen-bond acceptors (Lipinski definition) is 7. The Morgan fingerprint density at radius 1 is 1.27 bits per heavy atom. The number of carbonyl (C=O) groups is 2. The summed E-state index contributed by atoms with van der Waals surface area (Å²) in [6.45, 7) is 1.98. The summed E-state index contributed by atoms with van der Waals surface area (Å²) in [5, 5.41) is 4.90. The molecule has 2 saturated heterocycles. The van der Waals surface area contributed by atoms with E-state index >= 15 is 0 Å². The molecule has 0 bridgehead atoms. The highest BCUT2D eigenvalue weighted by Gasteiger charge is 2.43. The molecule has 1 aromatic rings. The Labute approximate surface area is 157 Å². The topological polar surface area (TPSA) is 96.0 Å². The fraction of sp³-hybridized carbons (Fsp3) is 0.625. The van der Waals surface area contributed by atoms with Crippen LogP contribution in [0.2, 0.25) is 0 Å². The Bertz CT molecular complexity index is 744. The largest absolute Gasteiger partial charge is 0.468 e. The average Bonchev–Trinajstić information content (AvgIpc) is 3.22. The predicted octanol–water partition coefficient (Wildman–Crippen LogP) is 0.122. The molecule has 2 fully saturated rings. The van der Waals surface area contributed by atoms with E-state index in [0.717, 1.165) is 41.6 Å². The van der Waals surface area contributed by atoms with Crippen molar-refractivity contribution in [2.24, 2.45) is 5.92 Å². The van der Waals surface area contributed by atoms with Crippen molar-refractivity contribution in [3.63, 3.8) is 0 Å². The van der Waals surface area contributed by atoms with Crippen LogP contribution in [0.25, 0.3) is 0 Å². The van der Waals surface area contributed by atoms with Crippen LogP contribution in [0.3, 0.4) is 0 Å². The van der Waals surface area contributed by atoms with E-state index in [1.807, 2.05) is 0 Å². The molecule has 0 spiro atoms. The van der Waals surface area contributed by atoms with Crippen molar-refractivity contribution in [3.8, 4) is 0 Å². The van der Waals surface area contributed by atoms with Gasteiger partial charge in [-0.1, -0.05) is 6.07 Å². The molecule has 3 heterocycles. The zero-order valence-corrected chi connectivity index (χ0v) is 16.2. The predicted molar refractivity (Wildman–Crippen MR) is 96.2 cm³/mol. The standard InChI is InChI=1S/C16H23N3O5S2/c1-24-16(21)13-11-18(15(20)12-4-6-17-7-5-12)8-9-19(13)26(22,23)14-3-2-10-25-14/h2-3,10,12-13,17H,4-9,11H2,1H3/t13-/m1/s1. The molecule has 3 rings (SSSR count). The number of esters is 1. The highest BCUT2D eigenvalue weighted by Crippen LogP contribution is 2.26. The number of carbonyl (C=O) groups excluding carboxylic acids is 2. The van der Waals surface area contributed by atoms with Crippen molar-refractivity contribution in [1.82, 2.24) is 14.5 Å². The van der Waals surface area contributed by atoms with Gasteiger partial charge in [0.2, 0.25) is 5.91 Å². The molecule has 26 heavy (non-hydrogen) atoms. The molecule has 1 N–H and O–H groups in total. The van der Waals surface area contributed by atoms with Crippen molar-refractivity contribution in [1.29, 1.82) is 0 Å². The minimum absolute atomic E-state index is 0.00595. The van der Waals surface area contributed by atoms with Crippen LogP contribution in [0.4, 0.5) is 0 Å². The van der Waals surface area contributed by atoms with Crippen LogP contribution in [-0.2, 0) is 24.3 Å². The molecule has 144 valence electrons. The summed E-state index contributed by atoms with van der Waals surface area (Å²) in [6, 6.07) is 2.15. The number of piperidine rings is 1. The first-order chi connectivity index (χ1) is 12.4. The maximum absolute atomic E-state index is 12.9. The molecular weight excluding hydrogens is 378 g/mol. The van der Waals surface area contributed by atoms with E-state index < -0.39 is 22.0 Å². The number of rotatable bonds is 4. The van der Waals surface area contributed by atoms with Gasteiger partial charge in [0.25, 0.3) is 10.0 Å². The first-order valence-electron chi connectivity index (χ1n) is 8.58. The molecule has 2 aliphatic heterocycles. The fourth-order valence-corrected chi connectivity index (χ4v) is 6.12. The maximum Gasteiger partial charge on any atom is 0.326 e. The molecule has 1 atom stereocenters. The second-order valence-corrected chi connectivity index (χ2v) is 9.46. The summed E-state index contributed by atoms with van der Waals surface area (Å²) in [4.78, 5) is 26.6. The molecule has 8 nitrogen and oxygen atoms in total. The van der Waals surface area contributed by atoms with E-state index in [9.17, 15) is 18.0 Å². The molecule has 1 aromatic heterocycles. The molecule has 2 aliphatic rings. The number of amides is 1. The quantitative estimate of drug-likeness (QED) is 0.720. The average molecular weight is 402 g/mol. The van der Waals surface area contributed by atoms with Crippen molar-refractivity contribution >= 4 is 33.2 Å². The first kappa shape index (κ1) is 19.3. The summed E-state index contributed by atoms with van der Waals surface area (Å²) in [7, 11) is -2.57.